The minimum Gasteiger partial charge on any atom is -0.454 e. The topological polar surface area (TPSA) is 18.5 Å². The first-order chi connectivity index (χ1) is 9.65. The Bertz CT molecular complexity index is 496. The van der Waals surface area contributed by atoms with E-state index in [1.54, 1.807) is 0 Å². The van der Waals surface area contributed by atoms with E-state index >= 15 is 0 Å². The Kier molecular flexibility index (Phi) is 5.28. The van der Waals surface area contributed by atoms with E-state index in [0.717, 1.165) is 23.8 Å². The Morgan fingerprint density at radius 3 is 2.85 bits per heavy atom. The molecular weight excluding hydrogens is 248 g/mol. The molecule has 1 aliphatic rings. The maximum Gasteiger partial charge on any atom is 0.231 e. The minimum atomic E-state index is 0.337. The molecule has 0 N–H and O–H groups in total. The molecule has 2 rings (SSSR count). The molecule has 1 heterocycles. The molecule has 0 bridgehead atoms. The second-order valence-corrected chi connectivity index (χ2v) is 5.71. The van der Waals surface area contributed by atoms with E-state index in [9.17, 15) is 0 Å². The van der Waals surface area contributed by atoms with Crippen LogP contribution < -0.4 is 9.47 Å². The smallest absolute Gasteiger partial charge is 0.231 e. The minimum absolute atomic E-state index is 0.337. The van der Waals surface area contributed by atoms with Crippen LogP contribution in [0, 0.1) is 5.92 Å². The fourth-order valence-corrected chi connectivity index (χ4v) is 2.23. The van der Waals surface area contributed by atoms with Crippen molar-refractivity contribution in [2.45, 2.75) is 40.0 Å². The van der Waals surface area contributed by atoms with Gasteiger partial charge in [-0.05, 0) is 56.7 Å². The summed E-state index contributed by atoms with van der Waals surface area (Å²) >= 11 is 0. The normalized spacial score (nSPS) is 14.6. The number of allylic oxidation sites excluding steroid dienone is 3. The van der Waals surface area contributed by atoms with Crippen molar-refractivity contribution >= 4 is 6.08 Å². The molecule has 0 radical (unpaired) electrons. The molecule has 1 aliphatic heterocycles. The van der Waals surface area contributed by atoms with Crippen LogP contribution in [-0.4, -0.2) is 6.79 Å². The van der Waals surface area contributed by atoms with E-state index in [2.05, 4.69) is 45.1 Å². The summed E-state index contributed by atoms with van der Waals surface area (Å²) in [4.78, 5) is 0. The van der Waals surface area contributed by atoms with E-state index in [1.165, 1.54) is 24.0 Å². The van der Waals surface area contributed by atoms with Crippen LogP contribution >= 0.6 is 0 Å². The molecule has 0 spiro atoms. The van der Waals surface area contributed by atoms with Gasteiger partial charge in [-0.1, -0.05) is 36.8 Å². The predicted octanol–water partition coefficient (Wildman–Crippen LogP) is 5.20. The highest BCUT2D eigenvalue weighted by molar-refractivity contribution is 5.56. The van der Waals surface area contributed by atoms with Gasteiger partial charge < -0.3 is 9.47 Å². The summed E-state index contributed by atoms with van der Waals surface area (Å²) in [5.74, 6) is 2.41. The second-order valence-electron chi connectivity index (χ2n) is 5.71. The lowest BCUT2D eigenvalue weighted by atomic mass is 10.0. The Morgan fingerprint density at radius 1 is 1.25 bits per heavy atom. The van der Waals surface area contributed by atoms with E-state index in [4.69, 9.17) is 9.47 Å². The van der Waals surface area contributed by atoms with E-state index in [0.29, 0.717) is 6.79 Å². The summed E-state index contributed by atoms with van der Waals surface area (Å²) in [6, 6.07) is 6.07. The molecular formula is C18H24O2. The van der Waals surface area contributed by atoms with Crippen LogP contribution in [0.1, 0.15) is 45.6 Å². The van der Waals surface area contributed by atoms with Crippen LogP contribution in [0.2, 0.25) is 0 Å². The molecule has 0 saturated carbocycles. The van der Waals surface area contributed by atoms with Crippen LogP contribution in [-0.2, 0) is 0 Å². The van der Waals surface area contributed by atoms with Crippen LogP contribution in [0.5, 0.6) is 11.5 Å². The van der Waals surface area contributed by atoms with Crippen molar-refractivity contribution in [1.82, 2.24) is 0 Å². The van der Waals surface area contributed by atoms with Crippen molar-refractivity contribution in [1.29, 1.82) is 0 Å². The van der Waals surface area contributed by atoms with Gasteiger partial charge in [-0.2, -0.15) is 0 Å². The lowest BCUT2D eigenvalue weighted by Crippen LogP contribution is -1.92. The molecule has 1 aromatic carbocycles. The molecule has 0 saturated heterocycles. The summed E-state index contributed by atoms with van der Waals surface area (Å²) in [6.07, 6.45) is 10.3. The maximum atomic E-state index is 5.38. The standard InChI is InChI=1S/C18H24O2/c1-14(2)6-4-7-15(3)8-5-9-16-10-11-17-18(12-16)20-13-19-17/h5-6,9-12,15H,4,7-8,13H2,1-3H3. The monoisotopic (exact) mass is 272 g/mol. The number of fused-ring (bicyclic) bond motifs is 1. The Balaban J connectivity index is 1.79. The van der Waals surface area contributed by atoms with Crippen molar-refractivity contribution < 1.29 is 9.47 Å². The van der Waals surface area contributed by atoms with E-state index < -0.39 is 0 Å². The number of hydrogen-bond acceptors (Lipinski definition) is 2. The third-order valence-electron chi connectivity index (χ3n) is 3.46. The molecule has 0 amide bonds. The first-order valence-electron chi connectivity index (χ1n) is 7.34. The Hall–Kier alpha value is -1.70. The zero-order chi connectivity index (χ0) is 14.4. The molecule has 2 heteroatoms. The van der Waals surface area contributed by atoms with Gasteiger partial charge in [0.25, 0.3) is 0 Å². The first-order valence-corrected chi connectivity index (χ1v) is 7.34. The van der Waals surface area contributed by atoms with Crippen LogP contribution in [0.25, 0.3) is 6.08 Å². The van der Waals surface area contributed by atoms with Gasteiger partial charge in [0.1, 0.15) is 0 Å². The fraction of sp³-hybridized carbons (Fsp3) is 0.444. The van der Waals surface area contributed by atoms with E-state index in [1.807, 2.05) is 12.1 Å². The second kappa shape index (κ2) is 7.18. The average molecular weight is 272 g/mol. The van der Waals surface area contributed by atoms with Crippen molar-refractivity contribution in [3.05, 3.63) is 41.5 Å². The molecule has 1 aromatic rings. The highest BCUT2D eigenvalue weighted by atomic mass is 16.7. The SMILES string of the molecule is CC(C)=CCCC(C)CC=Cc1ccc2c(c1)OCO2. The Morgan fingerprint density at radius 2 is 2.05 bits per heavy atom. The third kappa shape index (κ3) is 4.44. The predicted molar refractivity (Wildman–Crippen MR) is 84.0 cm³/mol. The van der Waals surface area contributed by atoms with Gasteiger partial charge in [-0.3, -0.25) is 0 Å². The number of rotatable bonds is 6. The van der Waals surface area contributed by atoms with Gasteiger partial charge in [0.05, 0.1) is 0 Å². The van der Waals surface area contributed by atoms with Crippen molar-refractivity contribution in [2.24, 2.45) is 5.92 Å². The molecule has 20 heavy (non-hydrogen) atoms. The molecule has 1 unspecified atom stereocenters. The molecule has 0 aromatic heterocycles. The summed E-state index contributed by atoms with van der Waals surface area (Å²) in [5, 5.41) is 0. The lowest BCUT2D eigenvalue weighted by molar-refractivity contribution is 0.174. The largest absolute Gasteiger partial charge is 0.454 e. The van der Waals surface area contributed by atoms with Gasteiger partial charge in [0, 0.05) is 0 Å². The molecule has 1 atom stereocenters. The summed E-state index contributed by atoms with van der Waals surface area (Å²) < 4.78 is 10.7. The summed E-state index contributed by atoms with van der Waals surface area (Å²) in [6.45, 7) is 6.96. The number of benzene rings is 1. The van der Waals surface area contributed by atoms with Gasteiger partial charge >= 0.3 is 0 Å². The molecule has 108 valence electrons. The van der Waals surface area contributed by atoms with Gasteiger partial charge in [-0.15, -0.1) is 0 Å². The fourth-order valence-electron chi connectivity index (χ4n) is 2.23. The summed E-state index contributed by atoms with van der Waals surface area (Å²) in [7, 11) is 0. The summed E-state index contributed by atoms with van der Waals surface area (Å²) in [5.41, 5.74) is 2.58. The van der Waals surface area contributed by atoms with Gasteiger partial charge in [0.15, 0.2) is 11.5 Å². The number of hydrogen-bond donors (Lipinski definition) is 0. The van der Waals surface area contributed by atoms with Gasteiger partial charge in [-0.25, -0.2) is 0 Å². The highest BCUT2D eigenvalue weighted by Crippen LogP contribution is 2.32. The van der Waals surface area contributed by atoms with Gasteiger partial charge in [0.2, 0.25) is 6.79 Å². The van der Waals surface area contributed by atoms with Crippen LogP contribution in [0.4, 0.5) is 0 Å². The van der Waals surface area contributed by atoms with Crippen molar-refractivity contribution in [3.8, 4) is 11.5 Å². The Labute approximate surface area is 122 Å². The van der Waals surface area contributed by atoms with Crippen molar-refractivity contribution in [3.63, 3.8) is 0 Å². The van der Waals surface area contributed by atoms with Crippen LogP contribution in [0.15, 0.2) is 35.9 Å². The number of ether oxygens (including phenoxy) is 2. The first kappa shape index (κ1) is 14.7. The lowest BCUT2D eigenvalue weighted by Gasteiger charge is -2.06. The molecule has 2 nitrogen and oxygen atoms in total. The highest BCUT2D eigenvalue weighted by Gasteiger charge is 2.12. The third-order valence-corrected chi connectivity index (χ3v) is 3.46. The molecule has 0 fully saturated rings. The maximum absolute atomic E-state index is 5.38. The van der Waals surface area contributed by atoms with Crippen LogP contribution in [0.3, 0.4) is 0 Å². The molecule has 0 aliphatic carbocycles. The zero-order valence-corrected chi connectivity index (χ0v) is 12.7. The van der Waals surface area contributed by atoms with E-state index in [-0.39, 0.29) is 0 Å². The average Bonchev–Trinajstić information content (AvgIpc) is 2.85. The van der Waals surface area contributed by atoms with Crippen molar-refractivity contribution in [2.75, 3.05) is 6.79 Å². The quantitative estimate of drug-likeness (QED) is 0.662. The zero-order valence-electron chi connectivity index (χ0n) is 12.7.